The van der Waals surface area contributed by atoms with E-state index in [9.17, 15) is 19.4 Å². The summed E-state index contributed by atoms with van der Waals surface area (Å²) in [6, 6.07) is 26.7. The number of aliphatic carboxylic acids is 1. The molecule has 4 heterocycles. The molecule has 62 heavy (non-hydrogen) atoms. The number of hydrogen-bond donors (Lipinski definition) is 2. The van der Waals surface area contributed by atoms with Gasteiger partial charge in [0.25, 0.3) is 0 Å². The Balaban J connectivity index is 1.08. The van der Waals surface area contributed by atoms with Gasteiger partial charge in [-0.3, -0.25) is 4.90 Å². The number of carbonyl (C=O) groups is 1. The molecule has 14 heteroatoms. The topological polar surface area (TPSA) is 143 Å². The number of fused-ring (bicyclic) bond motifs is 1. The van der Waals surface area contributed by atoms with Crippen LogP contribution in [0.4, 0.5) is 4.39 Å². The molecule has 4 aromatic carbocycles. The summed E-state index contributed by atoms with van der Waals surface area (Å²) in [5.74, 6) is 0.305. The highest BCUT2D eigenvalue weighted by atomic mass is 32.1. The van der Waals surface area contributed by atoms with E-state index < -0.39 is 12.1 Å². The molecular weight excluding hydrogens is 808 g/mol. The number of hydrogen-bond acceptors (Lipinski definition) is 12. The number of thiophene rings is 1. The van der Waals surface area contributed by atoms with Gasteiger partial charge in [-0.1, -0.05) is 48.5 Å². The minimum absolute atomic E-state index is 0.0392. The molecule has 1 aliphatic rings. The molecule has 1 aliphatic heterocycles. The fraction of sp³-hybridized carbons (Fsp3) is 0.271. The number of benzene rings is 4. The first-order valence-electron chi connectivity index (χ1n) is 20.4. The summed E-state index contributed by atoms with van der Waals surface area (Å²) in [5.41, 5.74) is 7.07. The molecule has 7 aromatic rings. The number of aryl methyl sites for hydroxylation is 2. The second-order valence-electron chi connectivity index (χ2n) is 15.4. The molecule has 2 N–H and O–H groups in total. The lowest BCUT2D eigenvalue weighted by atomic mass is 9.92. The van der Waals surface area contributed by atoms with Crippen molar-refractivity contribution >= 4 is 27.5 Å². The molecule has 8 rings (SSSR count). The number of para-hydroxylation sites is 1. The zero-order valence-electron chi connectivity index (χ0n) is 34.8. The fourth-order valence-electron chi connectivity index (χ4n) is 7.71. The summed E-state index contributed by atoms with van der Waals surface area (Å²) in [4.78, 5) is 37.4. The SMILES string of the molecule is Cc1cc(OCCN2CCN(C)CC2)cc(C)c1-c1c(-c2ccc(F)cc2)sc2ncnc(OC(Cc3ccccc3OCc3ccnc(-c4cccc(CO)c4)n3)C(=O)O)c12. The molecule has 1 saturated heterocycles. The summed E-state index contributed by atoms with van der Waals surface area (Å²) in [5, 5.41) is 20.8. The van der Waals surface area contributed by atoms with Gasteiger partial charge < -0.3 is 29.3 Å². The largest absolute Gasteiger partial charge is 0.492 e. The highest BCUT2D eigenvalue weighted by molar-refractivity contribution is 7.22. The van der Waals surface area contributed by atoms with Gasteiger partial charge in [0, 0.05) is 61.3 Å². The normalized spacial score (nSPS) is 13.9. The third kappa shape index (κ3) is 9.74. The van der Waals surface area contributed by atoms with E-state index in [-0.39, 0.29) is 31.3 Å². The molecule has 0 amide bonds. The van der Waals surface area contributed by atoms with Crippen LogP contribution < -0.4 is 14.2 Å². The number of likely N-dealkylation sites (N-methyl/N-ethyl adjacent to an activating group) is 1. The average molecular weight is 855 g/mol. The minimum Gasteiger partial charge on any atom is -0.492 e. The van der Waals surface area contributed by atoms with Crippen LogP contribution in [0, 0.1) is 19.7 Å². The van der Waals surface area contributed by atoms with Gasteiger partial charge in [-0.25, -0.2) is 29.1 Å². The number of aromatic nitrogens is 4. The Kier molecular flexibility index (Phi) is 13.1. The molecular formula is C48H47FN6O6S. The minimum atomic E-state index is -1.36. The van der Waals surface area contributed by atoms with Gasteiger partial charge in [0.1, 0.15) is 41.7 Å². The van der Waals surface area contributed by atoms with Crippen LogP contribution in [-0.4, -0.2) is 98.4 Å². The van der Waals surface area contributed by atoms with Gasteiger partial charge in [0.2, 0.25) is 12.0 Å². The molecule has 0 spiro atoms. The smallest absolute Gasteiger partial charge is 0.345 e. The quantitative estimate of drug-likeness (QED) is 0.0972. The first-order chi connectivity index (χ1) is 30.1. The van der Waals surface area contributed by atoms with Crippen molar-refractivity contribution in [3.8, 4) is 50.3 Å². The number of piperazine rings is 1. The number of carboxylic acids is 1. The van der Waals surface area contributed by atoms with Gasteiger partial charge in [-0.15, -0.1) is 11.3 Å². The zero-order chi connectivity index (χ0) is 43.2. The van der Waals surface area contributed by atoms with E-state index in [0.29, 0.717) is 39.7 Å². The lowest BCUT2D eigenvalue weighted by molar-refractivity contribution is -0.145. The molecule has 0 radical (unpaired) electrons. The van der Waals surface area contributed by atoms with E-state index in [0.717, 1.165) is 82.3 Å². The molecule has 3 aromatic heterocycles. The van der Waals surface area contributed by atoms with E-state index in [4.69, 9.17) is 14.2 Å². The number of aliphatic hydroxyl groups excluding tert-OH is 1. The monoisotopic (exact) mass is 854 g/mol. The van der Waals surface area contributed by atoms with Crippen LogP contribution in [-0.2, 0) is 24.4 Å². The van der Waals surface area contributed by atoms with E-state index in [1.54, 1.807) is 36.5 Å². The van der Waals surface area contributed by atoms with Gasteiger partial charge in [-0.2, -0.15) is 0 Å². The predicted octanol–water partition coefficient (Wildman–Crippen LogP) is 8.01. The van der Waals surface area contributed by atoms with E-state index in [2.05, 4.69) is 36.8 Å². The van der Waals surface area contributed by atoms with Crippen molar-refractivity contribution in [1.29, 1.82) is 0 Å². The summed E-state index contributed by atoms with van der Waals surface area (Å²) in [6.07, 6.45) is 1.62. The molecule has 12 nitrogen and oxygen atoms in total. The van der Waals surface area contributed by atoms with E-state index in [1.165, 1.54) is 29.8 Å². The van der Waals surface area contributed by atoms with Crippen molar-refractivity contribution in [2.75, 3.05) is 46.4 Å². The van der Waals surface area contributed by atoms with Crippen LogP contribution in [0.2, 0.25) is 0 Å². The molecule has 0 aliphatic carbocycles. The number of rotatable bonds is 16. The third-order valence-corrected chi connectivity index (χ3v) is 12.1. The van der Waals surface area contributed by atoms with Crippen LogP contribution in [0.25, 0.3) is 43.2 Å². The molecule has 0 bridgehead atoms. The van der Waals surface area contributed by atoms with Gasteiger partial charge in [-0.05, 0) is 96.7 Å². The van der Waals surface area contributed by atoms with Crippen molar-refractivity contribution < 1.29 is 33.6 Å². The van der Waals surface area contributed by atoms with Crippen molar-refractivity contribution in [2.24, 2.45) is 0 Å². The first-order valence-corrected chi connectivity index (χ1v) is 21.3. The number of aliphatic hydroxyl groups is 1. The second kappa shape index (κ2) is 19.2. The van der Waals surface area contributed by atoms with Crippen LogP contribution in [0.15, 0.2) is 104 Å². The Labute approximate surface area is 363 Å². The Morgan fingerprint density at radius 3 is 2.40 bits per heavy atom. The van der Waals surface area contributed by atoms with Crippen LogP contribution >= 0.6 is 11.3 Å². The van der Waals surface area contributed by atoms with Crippen molar-refractivity contribution in [3.63, 3.8) is 0 Å². The standard InChI is InChI=1S/C48H47FN6O6S/c1-30-23-38(59-22-21-55-19-17-54(3)18-20-55)24-31(2)41(30)42-43-46(51-29-52-47(43)62-44(42)33-11-13-36(49)14-12-33)61-40(48(57)58)26-34-8-4-5-10-39(34)60-28-37-15-16-50-45(53-37)35-9-6-7-32(25-35)27-56/h4-16,23-25,29,40,56H,17-22,26-28H2,1-3H3,(H,57,58). The van der Waals surface area contributed by atoms with Gasteiger partial charge in [0.15, 0.2) is 5.82 Å². The van der Waals surface area contributed by atoms with Crippen molar-refractivity contribution in [1.82, 2.24) is 29.7 Å². The maximum atomic E-state index is 14.2. The van der Waals surface area contributed by atoms with Gasteiger partial charge in [0.05, 0.1) is 17.7 Å². The first kappa shape index (κ1) is 42.4. The Bertz CT molecular complexity index is 2660. The van der Waals surface area contributed by atoms with Crippen LogP contribution in [0.1, 0.15) is 27.9 Å². The molecule has 1 fully saturated rings. The molecule has 1 atom stereocenters. The molecule has 1 unspecified atom stereocenters. The van der Waals surface area contributed by atoms with Gasteiger partial charge >= 0.3 is 5.97 Å². The fourth-order valence-corrected chi connectivity index (χ4v) is 8.85. The Morgan fingerprint density at radius 1 is 0.871 bits per heavy atom. The number of nitrogens with zero attached hydrogens (tertiary/aromatic N) is 6. The molecule has 0 saturated carbocycles. The van der Waals surface area contributed by atoms with Crippen molar-refractivity contribution in [3.05, 3.63) is 137 Å². The van der Waals surface area contributed by atoms with E-state index in [1.807, 2.05) is 62.4 Å². The maximum absolute atomic E-state index is 14.2. The Morgan fingerprint density at radius 2 is 1.65 bits per heavy atom. The van der Waals surface area contributed by atoms with Crippen molar-refractivity contribution in [2.45, 2.75) is 39.6 Å². The lowest BCUT2D eigenvalue weighted by Gasteiger charge is -2.32. The summed E-state index contributed by atoms with van der Waals surface area (Å²) in [7, 11) is 2.14. The average Bonchev–Trinajstić information content (AvgIpc) is 3.66. The summed E-state index contributed by atoms with van der Waals surface area (Å²) in [6.45, 7) is 9.54. The predicted molar refractivity (Wildman–Crippen MR) is 237 cm³/mol. The zero-order valence-corrected chi connectivity index (χ0v) is 35.6. The highest BCUT2D eigenvalue weighted by Crippen LogP contribution is 2.49. The summed E-state index contributed by atoms with van der Waals surface area (Å²) < 4.78 is 33.2. The maximum Gasteiger partial charge on any atom is 0.345 e. The number of halogens is 1. The van der Waals surface area contributed by atoms with Crippen LogP contribution in [0.5, 0.6) is 17.4 Å². The number of ether oxygens (including phenoxy) is 3. The Hall–Kier alpha value is -6.32. The van der Waals surface area contributed by atoms with E-state index >= 15 is 0 Å². The summed E-state index contributed by atoms with van der Waals surface area (Å²) >= 11 is 1.41. The van der Waals surface area contributed by atoms with Crippen LogP contribution in [0.3, 0.4) is 0 Å². The lowest BCUT2D eigenvalue weighted by Crippen LogP contribution is -2.45. The highest BCUT2D eigenvalue weighted by Gasteiger charge is 2.28. The second-order valence-corrected chi connectivity index (χ2v) is 16.4. The molecule has 318 valence electrons. The third-order valence-electron chi connectivity index (χ3n) is 11.0. The number of carboxylic acid groups (broad SMARTS) is 1.